The molecular formula is C17H22N2O. The van der Waals surface area contributed by atoms with E-state index >= 15 is 0 Å². The summed E-state index contributed by atoms with van der Waals surface area (Å²) in [5.74, 6) is 0.773. The zero-order valence-corrected chi connectivity index (χ0v) is 12.4. The second kappa shape index (κ2) is 6.06. The Labute approximate surface area is 120 Å². The van der Waals surface area contributed by atoms with Crippen molar-refractivity contribution in [3.8, 4) is 5.75 Å². The minimum absolute atomic E-state index is 0.579. The van der Waals surface area contributed by atoms with Crippen molar-refractivity contribution in [1.82, 2.24) is 4.98 Å². The molecule has 1 atom stereocenters. The van der Waals surface area contributed by atoms with Crippen LogP contribution in [-0.2, 0) is 5.54 Å². The quantitative estimate of drug-likeness (QED) is 0.905. The van der Waals surface area contributed by atoms with Gasteiger partial charge in [0, 0.05) is 6.20 Å². The van der Waals surface area contributed by atoms with Crippen molar-refractivity contribution in [3.63, 3.8) is 0 Å². The van der Waals surface area contributed by atoms with Gasteiger partial charge in [-0.05, 0) is 43.0 Å². The normalized spacial score (nSPS) is 13.8. The summed E-state index contributed by atoms with van der Waals surface area (Å²) in [5, 5.41) is 0. The number of aromatic nitrogens is 1. The van der Waals surface area contributed by atoms with Crippen LogP contribution in [0.3, 0.4) is 0 Å². The molecule has 3 heteroatoms. The molecule has 0 radical (unpaired) electrons. The molecule has 0 amide bonds. The summed E-state index contributed by atoms with van der Waals surface area (Å²) in [7, 11) is 0. The summed E-state index contributed by atoms with van der Waals surface area (Å²) < 4.78 is 5.64. The first kappa shape index (κ1) is 14.5. The topological polar surface area (TPSA) is 48.1 Å². The number of benzene rings is 1. The molecule has 1 heterocycles. The van der Waals surface area contributed by atoms with Crippen molar-refractivity contribution in [3.05, 3.63) is 59.4 Å². The fraction of sp³-hybridized carbons (Fsp3) is 0.353. The molecule has 2 aromatic rings. The lowest BCUT2D eigenvalue weighted by molar-refractivity contribution is 0.315. The number of hydrogen-bond donors (Lipinski definition) is 1. The average molecular weight is 270 g/mol. The maximum Gasteiger partial charge on any atom is 0.137 e. The third-order valence-corrected chi connectivity index (χ3v) is 3.49. The third kappa shape index (κ3) is 2.99. The van der Waals surface area contributed by atoms with Gasteiger partial charge in [0.15, 0.2) is 0 Å². The fourth-order valence-corrected chi connectivity index (χ4v) is 2.31. The number of aryl methyl sites for hydroxylation is 1. The number of nitrogens with zero attached hydrogens (tertiary/aromatic N) is 1. The third-order valence-electron chi connectivity index (χ3n) is 3.49. The number of pyridine rings is 1. The van der Waals surface area contributed by atoms with Crippen LogP contribution in [0.15, 0.2) is 42.7 Å². The molecule has 0 aliphatic carbocycles. The van der Waals surface area contributed by atoms with Crippen molar-refractivity contribution in [2.75, 3.05) is 6.61 Å². The van der Waals surface area contributed by atoms with Crippen LogP contribution in [-0.4, -0.2) is 11.6 Å². The Morgan fingerprint density at radius 3 is 2.70 bits per heavy atom. The zero-order chi connectivity index (χ0) is 14.6. The minimum Gasteiger partial charge on any atom is -0.492 e. The monoisotopic (exact) mass is 270 g/mol. The van der Waals surface area contributed by atoms with Gasteiger partial charge in [-0.1, -0.05) is 31.2 Å². The number of ether oxygens (including phenoxy) is 1. The van der Waals surface area contributed by atoms with Crippen LogP contribution in [0.1, 0.15) is 37.0 Å². The van der Waals surface area contributed by atoms with Crippen LogP contribution in [0.2, 0.25) is 0 Å². The Balaban J connectivity index is 2.36. The molecule has 0 spiro atoms. The summed E-state index contributed by atoms with van der Waals surface area (Å²) in [6.07, 6.45) is 4.51. The minimum atomic E-state index is -0.579. The molecule has 1 aromatic heterocycles. The molecule has 1 aromatic carbocycles. The summed E-state index contributed by atoms with van der Waals surface area (Å²) in [6, 6.07) is 10.2. The Bertz CT molecular complexity index is 579. The van der Waals surface area contributed by atoms with Crippen LogP contribution < -0.4 is 10.5 Å². The van der Waals surface area contributed by atoms with Gasteiger partial charge in [0.1, 0.15) is 5.75 Å². The van der Waals surface area contributed by atoms with Crippen molar-refractivity contribution < 1.29 is 4.74 Å². The van der Waals surface area contributed by atoms with E-state index in [-0.39, 0.29) is 0 Å². The first-order valence-electron chi connectivity index (χ1n) is 6.99. The van der Waals surface area contributed by atoms with Crippen molar-refractivity contribution in [2.24, 2.45) is 5.73 Å². The zero-order valence-electron chi connectivity index (χ0n) is 12.4. The highest BCUT2D eigenvalue weighted by molar-refractivity contribution is 5.42. The maximum absolute atomic E-state index is 6.56. The van der Waals surface area contributed by atoms with Gasteiger partial charge < -0.3 is 10.5 Å². The average Bonchev–Trinajstić information content (AvgIpc) is 2.45. The van der Waals surface area contributed by atoms with Crippen LogP contribution in [0.4, 0.5) is 0 Å². The standard InChI is InChI=1S/C17H22N2O/c1-4-9-20-15-10-14(11-19-12-15)17(3,18)16-8-6-5-7-13(16)2/h5-8,10-12H,4,9,18H2,1-3H3. The van der Waals surface area contributed by atoms with E-state index in [9.17, 15) is 0 Å². The van der Waals surface area contributed by atoms with Gasteiger partial charge in [-0.3, -0.25) is 4.98 Å². The Hall–Kier alpha value is -1.87. The lowest BCUT2D eigenvalue weighted by Gasteiger charge is -2.27. The molecule has 3 nitrogen and oxygen atoms in total. The van der Waals surface area contributed by atoms with Gasteiger partial charge in [-0.25, -0.2) is 0 Å². The Kier molecular flexibility index (Phi) is 4.40. The smallest absolute Gasteiger partial charge is 0.137 e. The molecule has 0 saturated heterocycles. The summed E-state index contributed by atoms with van der Waals surface area (Å²) in [6.45, 7) is 6.86. The molecule has 0 aliphatic rings. The molecule has 0 saturated carbocycles. The van der Waals surface area contributed by atoms with Gasteiger partial charge >= 0.3 is 0 Å². The fourth-order valence-electron chi connectivity index (χ4n) is 2.31. The number of nitrogens with two attached hydrogens (primary N) is 1. The van der Waals surface area contributed by atoms with E-state index in [0.717, 1.165) is 23.3 Å². The first-order valence-corrected chi connectivity index (χ1v) is 6.99. The van der Waals surface area contributed by atoms with Gasteiger partial charge in [-0.15, -0.1) is 0 Å². The molecule has 0 bridgehead atoms. The lowest BCUT2D eigenvalue weighted by atomic mass is 9.84. The second-order valence-corrected chi connectivity index (χ2v) is 5.28. The highest BCUT2D eigenvalue weighted by Crippen LogP contribution is 2.30. The Morgan fingerprint density at radius 2 is 2.00 bits per heavy atom. The molecular weight excluding hydrogens is 248 g/mol. The highest BCUT2D eigenvalue weighted by Gasteiger charge is 2.26. The predicted octanol–water partition coefficient (Wildman–Crippen LogP) is 3.40. The Morgan fingerprint density at radius 1 is 1.25 bits per heavy atom. The van der Waals surface area contributed by atoms with E-state index in [1.807, 2.05) is 31.3 Å². The molecule has 20 heavy (non-hydrogen) atoms. The molecule has 2 rings (SSSR count). The van der Waals surface area contributed by atoms with E-state index < -0.39 is 5.54 Å². The second-order valence-electron chi connectivity index (χ2n) is 5.28. The van der Waals surface area contributed by atoms with Gasteiger partial charge in [0.2, 0.25) is 0 Å². The van der Waals surface area contributed by atoms with Crippen LogP contribution in [0.5, 0.6) is 5.75 Å². The van der Waals surface area contributed by atoms with Crippen LogP contribution in [0.25, 0.3) is 0 Å². The lowest BCUT2D eigenvalue weighted by Crippen LogP contribution is -2.35. The SMILES string of the molecule is CCCOc1cncc(C(C)(N)c2ccccc2C)c1. The van der Waals surface area contributed by atoms with E-state index in [1.165, 1.54) is 5.56 Å². The van der Waals surface area contributed by atoms with E-state index in [1.54, 1.807) is 6.20 Å². The van der Waals surface area contributed by atoms with Gasteiger partial charge in [0.25, 0.3) is 0 Å². The molecule has 0 fully saturated rings. The van der Waals surface area contributed by atoms with Gasteiger partial charge in [0.05, 0.1) is 18.3 Å². The summed E-state index contributed by atoms with van der Waals surface area (Å²) >= 11 is 0. The number of hydrogen-bond acceptors (Lipinski definition) is 3. The highest BCUT2D eigenvalue weighted by atomic mass is 16.5. The van der Waals surface area contributed by atoms with Crippen molar-refractivity contribution in [1.29, 1.82) is 0 Å². The molecule has 0 aliphatic heterocycles. The van der Waals surface area contributed by atoms with Crippen molar-refractivity contribution in [2.45, 2.75) is 32.7 Å². The first-order chi connectivity index (χ1) is 9.55. The number of rotatable bonds is 5. The van der Waals surface area contributed by atoms with Crippen LogP contribution >= 0.6 is 0 Å². The molecule has 106 valence electrons. The predicted molar refractivity (Wildman–Crippen MR) is 81.8 cm³/mol. The largest absolute Gasteiger partial charge is 0.492 e. The van der Waals surface area contributed by atoms with Crippen molar-refractivity contribution >= 4 is 0 Å². The van der Waals surface area contributed by atoms with E-state index in [4.69, 9.17) is 10.5 Å². The van der Waals surface area contributed by atoms with Crippen LogP contribution in [0, 0.1) is 6.92 Å². The molecule has 2 N–H and O–H groups in total. The van der Waals surface area contributed by atoms with E-state index in [0.29, 0.717) is 6.61 Å². The van der Waals surface area contributed by atoms with Gasteiger partial charge in [-0.2, -0.15) is 0 Å². The maximum atomic E-state index is 6.56. The summed E-state index contributed by atoms with van der Waals surface area (Å²) in [4.78, 5) is 4.25. The summed E-state index contributed by atoms with van der Waals surface area (Å²) in [5.41, 5.74) is 9.23. The van der Waals surface area contributed by atoms with E-state index in [2.05, 4.69) is 31.0 Å². The molecule has 1 unspecified atom stereocenters.